The first kappa shape index (κ1) is 15.1. The van der Waals surface area contributed by atoms with E-state index in [0.29, 0.717) is 5.69 Å². The Labute approximate surface area is 127 Å². The zero-order valence-corrected chi connectivity index (χ0v) is 12.4. The predicted molar refractivity (Wildman–Crippen MR) is 83.1 cm³/mol. The third-order valence-electron chi connectivity index (χ3n) is 3.16. The van der Waals surface area contributed by atoms with Gasteiger partial charge in [-0.1, -0.05) is 29.8 Å². The van der Waals surface area contributed by atoms with Gasteiger partial charge in [-0.05, 0) is 36.8 Å². The van der Waals surface area contributed by atoms with Gasteiger partial charge < -0.3 is 10.1 Å². The highest BCUT2D eigenvalue weighted by molar-refractivity contribution is 6.33. The van der Waals surface area contributed by atoms with Crippen LogP contribution in [0, 0.1) is 10.1 Å². The molecule has 0 heterocycles. The Hall–Kier alpha value is -2.27. The molecule has 110 valence electrons. The number of nitrogens with zero attached hydrogens (tertiary/aromatic N) is 1. The van der Waals surface area contributed by atoms with E-state index in [-0.39, 0.29) is 16.8 Å². The van der Waals surface area contributed by atoms with Gasteiger partial charge in [-0.3, -0.25) is 10.1 Å². The maximum atomic E-state index is 11.1. The number of methoxy groups -OCH3 is 1. The molecule has 6 heteroatoms. The zero-order chi connectivity index (χ0) is 15.4. The van der Waals surface area contributed by atoms with Crippen molar-refractivity contribution in [3.8, 4) is 5.75 Å². The van der Waals surface area contributed by atoms with Gasteiger partial charge in [0.1, 0.15) is 16.5 Å². The summed E-state index contributed by atoms with van der Waals surface area (Å²) in [7, 11) is 1.60. The molecule has 0 amide bonds. The van der Waals surface area contributed by atoms with Crippen LogP contribution in [0.1, 0.15) is 18.5 Å². The number of benzene rings is 2. The van der Waals surface area contributed by atoms with Crippen LogP contribution < -0.4 is 10.1 Å². The van der Waals surface area contributed by atoms with E-state index in [2.05, 4.69) is 5.32 Å². The molecule has 2 aromatic rings. The fourth-order valence-corrected chi connectivity index (χ4v) is 2.27. The highest BCUT2D eigenvalue weighted by Gasteiger charge is 2.19. The first-order valence-electron chi connectivity index (χ1n) is 6.36. The quantitative estimate of drug-likeness (QED) is 0.655. The number of hydrogen-bond acceptors (Lipinski definition) is 4. The lowest BCUT2D eigenvalue weighted by Crippen LogP contribution is -2.08. The first-order chi connectivity index (χ1) is 10.0. The van der Waals surface area contributed by atoms with Crippen LogP contribution in [-0.4, -0.2) is 12.0 Å². The largest absolute Gasteiger partial charge is 0.497 e. The second-order valence-electron chi connectivity index (χ2n) is 4.53. The third-order valence-corrected chi connectivity index (χ3v) is 3.46. The minimum atomic E-state index is -0.481. The molecule has 2 aromatic carbocycles. The molecule has 0 saturated heterocycles. The Kier molecular flexibility index (Phi) is 4.65. The van der Waals surface area contributed by atoms with Crippen LogP contribution in [-0.2, 0) is 0 Å². The molecule has 0 radical (unpaired) electrons. The minimum absolute atomic E-state index is 0.104. The van der Waals surface area contributed by atoms with Gasteiger partial charge in [0, 0.05) is 6.04 Å². The van der Waals surface area contributed by atoms with Gasteiger partial charge >= 0.3 is 5.69 Å². The van der Waals surface area contributed by atoms with E-state index in [0.717, 1.165) is 11.3 Å². The molecular weight excluding hydrogens is 292 g/mol. The van der Waals surface area contributed by atoms with Crippen molar-refractivity contribution in [2.75, 3.05) is 12.4 Å². The number of hydrogen-bond donors (Lipinski definition) is 1. The van der Waals surface area contributed by atoms with Crippen molar-refractivity contribution in [2.45, 2.75) is 13.0 Å². The highest BCUT2D eigenvalue weighted by atomic mass is 35.5. The fourth-order valence-electron chi connectivity index (χ4n) is 2.03. The number of para-hydroxylation sites is 1. The summed E-state index contributed by atoms with van der Waals surface area (Å²) in [5, 5.41) is 14.3. The van der Waals surface area contributed by atoms with E-state index in [1.807, 2.05) is 31.2 Å². The maximum absolute atomic E-state index is 11.1. The zero-order valence-electron chi connectivity index (χ0n) is 11.7. The monoisotopic (exact) mass is 306 g/mol. The van der Waals surface area contributed by atoms with Crippen LogP contribution >= 0.6 is 11.6 Å². The van der Waals surface area contributed by atoms with Crippen LogP contribution in [0.15, 0.2) is 42.5 Å². The Morgan fingerprint density at radius 1 is 1.24 bits per heavy atom. The summed E-state index contributed by atoms with van der Waals surface area (Å²) in [6.45, 7) is 1.92. The van der Waals surface area contributed by atoms with Crippen molar-refractivity contribution in [3.63, 3.8) is 0 Å². The molecular formula is C15H15ClN2O3. The molecule has 0 aliphatic rings. The lowest BCUT2D eigenvalue weighted by Gasteiger charge is -2.16. The van der Waals surface area contributed by atoms with Crippen molar-refractivity contribution in [3.05, 3.63) is 63.2 Å². The van der Waals surface area contributed by atoms with Gasteiger partial charge in [0.25, 0.3) is 0 Å². The van der Waals surface area contributed by atoms with E-state index >= 15 is 0 Å². The number of nitrogens with one attached hydrogen (secondary N) is 1. The SMILES string of the molecule is COc1ccc(C(C)Nc2cccc(Cl)c2[N+](=O)[O-])cc1. The van der Waals surface area contributed by atoms with Crippen molar-refractivity contribution >= 4 is 23.0 Å². The van der Waals surface area contributed by atoms with E-state index in [4.69, 9.17) is 16.3 Å². The lowest BCUT2D eigenvalue weighted by molar-refractivity contribution is -0.383. The molecule has 0 aliphatic carbocycles. The highest BCUT2D eigenvalue weighted by Crippen LogP contribution is 2.34. The summed E-state index contributed by atoms with van der Waals surface area (Å²) in [6.07, 6.45) is 0. The van der Waals surface area contributed by atoms with Crippen LogP contribution in [0.5, 0.6) is 5.75 Å². The number of nitro benzene ring substituents is 1. The Morgan fingerprint density at radius 3 is 2.48 bits per heavy atom. The molecule has 0 saturated carbocycles. The predicted octanol–water partition coefficient (Wildman–Crippen LogP) is 4.43. The summed E-state index contributed by atoms with van der Waals surface area (Å²) < 4.78 is 5.11. The van der Waals surface area contributed by atoms with Crippen LogP contribution in [0.4, 0.5) is 11.4 Å². The van der Waals surface area contributed by atoms with Gasteiger partial charge in [0.05, 0.1) is 12.0 Å². The van der Waals surface area contributed by atoms with Gasteiger partial charge in [-0.15, -0.1) is 0 Å². The fraction of sp³-hybridized carbons (Fsp3) is 0.200. The molecule has 0 bridgehead atoms. The standard InChI is InChI=1S/C15H15ClN2O3/c1-10(11-6-8-12(21-2)9-7-11)17-14-5-3-4-13(16)15(14)18(19)20/h3-10,17H,1-2H3. The number of halogens is 1. The van der Waals surface area contributed by atoms with E-state index < -0.39 is 4.92 Å². The molecule has 0 aromatic heterocycles. The Balaban J connectivity index is 2.24. The number of rotatable bonds is 5. The van der Waals surface area contributed by atoms with E-state index in [1.165, 1.54) is 6.07 Å². The summed E-state index contributed by atoms with van der Waals surface area (Å²) in [4.78, 5) is 10.6. The molecule has 0 aliphatic heterocycles. The van der Waals surface area contributed by atoms with Gasteiger partial charge in [0.2, 0.25) is 0 Å². The third kappa shape index (κ3) is 3.44. The maximum Gasteiger partial charge on any atom is 0.310 e. The second kappa shape index (κ2) is 6.45. The van der Waals surface area contributed by atoms with Crippen LogP contribution in [0.3, 0.4) is 0 Å². The van der Waals surface area contributed by atoms with E-state index in [1.54, 1.807) is 19.2 Å². The molecule has 1 N–H and O–H groups in total. The summed E-state index contributed by atoms with van der Waals surface area (Å²) >= 11 is 5.90. The molecule has 1 atom stereocenters. The van der Waals surface area contributed by atoms with Crippen molar-refractivity contribution < 1.29 is 9.66 Å². The normalized spacial score (nSPS) is 11.8. The van der Waals surface area contributed by atoms with Gasteiger partial charge in [0.15, 0.2) is 0 Å². The smallest absolute Gasteiger partial charge is 0.310 e. The van der Waals surface area contributed by atoms with E-state index in [9.17, 15) is 10.1 Å². The van der Waals surface area contributed by atoms with Crippen molar-refractivity contribution in [1.82, 2.24) is 0 Å². The number of ether oxygens (including phenoxy) is 1. The van der Waals surface area contributed by atoms with Gasteiger partial charge in [-0.25, -0.2) is 0 Å². The first-order valence-corrected chi connectivity index (χ1v) is 6.74. The lowest BCUT2D eigenvalue weighted by atomic mass is 10.1. The Morgan fingerprint density at radius 2 is 1.90 bits per heavy atom. The van der Waals surface area contributed by atoms with Crippen LogP contribution in [0.25, 0.3) is 0 Å². The molecule has 0 spiro atoms. The second-order valence-corrected chi connectivity index (χ2v) is 4.94. The Bertz CT molecular complexity index is 644. The van der Waals surface area contributed by atoms with Crippen molar-refractivity contribution in [1.29, 1.82) is 0 Å². The average molecular weight is 307 g/mol. The summed E-state index contributed by atoms with van der Waals surface area (Å²) in [5.74, 6) is 0.764. The molecule has 1 unspecified atom stereocenters. The van der Waals surface area contributed by atoms with Crippen LogP contribution in [0.2, 0.25) is 5.02 Å². The number of anilines is 1. The van der Waals surface area contributed by atoms with Crippen molar-refractivity contribution in [2.24, 2.45) is 0 Å². The molecule has 0 fully saturated rings. The van der Waals surface area contributed by atoms with Gasteiger partial charge in [-0.2, -0.15) is 0 Å². The number of nitro groups is 1. The average Bonchev–Trinajstić information content (AvgIpc) is 2.47. The summed E-state index contributed by atoms with van der Waals surface area (Å²) in [6, 6.07) is 12.2. The molecule has 2 rings (SSSR count). The summed E-state index contributed by atoms with van der Waals surface area (Å²) in [5.41, 5.74) is 1.28. The topological polar surface area (TPSA) is 64.4 Å². The molecule has 21 heavy (non-hydrogen) atoms. The minimum Gasteiger partial charge on any atom is -0.497 e. The molecule has 5 nitrogen and oxygen atoms in total.